The van der Waals surface area contributed by atoms with Crippen LogP contribution in [0.3, 0.4) is 0 Å². The highest BCUT2D eigenvalue weighted by Gasteiger charge is 2.51. The largest absolute Gasteiger partial charge is 0.387 e. The van der Waals surface area contributed by atoms with E-state index in [0.717, 1.165) is 36.2 Å². The molecule has 5 rings (SSSR count). The lowest BCUT2D eigenvalue weighted by molar-refractivity contribution is -0.122. The van der Waals surface area contributed by atoms with Crippen LogP contribution in [-0.2, 0) is 10.3 Å². The molecule has 2 fully saturated rings. The predicted octanol–water partition coefficient (Wildman–Crippen LogP) is 3.67. The van der Waals surface area contributed by atoms with Gasteiger partial charge in [-0.3, -0.25) is 4.90 Å². The van der Waals surface area contributed by atoms with E-state index in [1.807, 2.05) is 6.07 Å². The number of carbonyl (C=O) groups is 1. The number of aliphatic hydroxyl groups excluding tert-OH is 1. The summed E-state index contributed by atoms with van der Waals surface area (Å²) in [5, 5.41) is 14.1. The monoisotopic (exact) mass is 545 g/mol. The number of fused-ring (bicyclic) bond motifs is 1. The molecule has 188 valence electrons. The zero-order chi connectivity index (χ0) is 25.0. The molecule has 2 aliphatic heterocycles. The van der Waals surface area contributed by atoms with Gasteiger partial charge in [0, 0.05) is 43.3 Å². The van der Waals surface area contributed by atoms with Crippen molar-refractivity contribution in [1.82, 2.24) is 20.2 Å². The minimum absolute atomic E-state index is 0.0901. The van der Waals surface area contributed by atoms with Gasteiger partial charge in [-0.15, -0.1) is 0 Å². The highest BCUT2D eigenvalue weighted by atomic mass is 79.9. The first-order chi connectivity index (χ1) is 16.7. The highest BCUT2D eigenvalue weighted by molar-refractivity contribution is 9.10. The molecule has 0 spiro atoms. The molecule has 3 heterocycles. The predicted molar refractivity (Wildman–Crippen MR) is 136 cm³/mol. The molecule has 1 aliphatic carbocycles. The number of aldehydes is 1. The Bertz CT molecular complexity index is 1120. The van der Waals surface area contributed by atoms with Crippen LogP contribution in [0, 0.1) is 5.82 Å². The van der Waals surface area contributed by atoms with E-state index in [9.17, 15) is 14.3 Å². The molecule has 1 aromatic heterocycles. The summed E-state index contributed by atoms with van der Waals surface area (Å²) in [6.07, 6.45) is 4.44. The summed E-state index contributed by atoms with van der Waals surface area (Å²) in [5.74, 6) is 0.706. The van der Waals surface area contributed by atoms with E-state index < -0.39 is 11.6 Å². The van der Waals surface area contributed by atoms with E-state index in [-0.39, 0.29) is 23.3 Å². The zero-order valence-corrected chi connectivity index (χ0v) is 22.1. The normalized spacial score (nSPS) is 28.1. The Hall–Kier alpha value is -1.94. The first-order valence-electron chi connectivity index (χ1n) is 12.4. The van der Waals surface area contributed by atoms with E-state index in [4.69, 9.17) is 0 Å². The molecule has 2 aromatic rings. The summed E-state index contributed by atoms with van der Waals surface area (Å²) in [4.78, 5) is 26.4. The van der Waals surface area contributed by atoms with Gasteiger partial charge >= 0.3 is 0 Å². The second kappa shape index (κ2) is 9.18. The number of aliphatic hydroxyl groups is 1. The molecular weight excluding hydrogens is 513 g/mol. The third kappa shape index (κ3) is 4.20. The van der Waals surface area contributed by atoms with Crippen LogP contribution in [0.2, 0.25) is 0 Å². The van der Waals surface area contributed by atoms with Crippen molar-refractivity contribution in [1.29, 1.82) is 0 Å². The number of rotatable bonds is 5. The Morgan fingerprint density at radius 2 is 2.00 bits per heavy atom. The maximum atomic E-state index is 14.7. The van der Waals surface area contributed by atoms with Crippen LogP contribution in [0.1, 0.15) is 68.9 Å². The number of nitrogens with one attached hydrogen (secondary N) is 1. The first kappa shape index (κ1) is 24.7. The third-order valence-electron chi connectivity index (χ3n) is 8.10. The maximum absolute atomic E-state index is 14.7. The summed E-state index contributed by atoms with van der Waals surface area (Å²) < 4.78 is 15.1. The summed E-state index contributed by atoms with van der Waals surface area (Å²) in [6.45, 7) is 9.01. The van der Waals surface area contributed by atoms with Crippen molar-refractivity contribution in [2.75, 3.05) is 31.1 Å². The summed E-state index contributed by atoms with van der Waals surface area (Å²) in [6, 6.07) is 4.93. The second-order valence-electron chi connectivity index (χ2n) is 10.8. The molecular formula is C26H33BrFN5O2. The van der Waals surface area contributed by atoms with Crippen molar-refractivity contribution < 1.29 is 14.3 Å². The van der Waals surface area contributed by atoms with Crippen LogP contribution < -0.4 is 10.2 Å². The van der Waals surface area contributed by atoms with E-state index in [2.05, 4.69) is 61.8 Å². The van der Waals surface area contributed by atoms with Gasteiger partial charge in [-0.05, 0) is 72.7 Å². The van der Waals surface area contributed by atoms with Crippen molar-refractivity contribution in [3.63, 3.8) is 0 Å². The van der Waals surface area contributed by atoms with E-state index in [1.165, 1.54) is 12.4 Å². The minimum Gasteiger partial charge on any atom is -0.387 e. The smallest absolute Gasteiger partial charge is 0.146 e. The maximum Gasteiger partial charge on any atom is 0.146 e. The van der Waals surface area contributed by atoms with E-state index >= 15 is 0 Å². The van der Waals surface area contributed by atoms with Crippen LogP contribution >= 0.6 is 15.9 Å². The Balaban J connectivity index is 1.46. The quantitative estimate of drug-likeness (QED) is 0.554. The highest BCUT2D eigenvalue weighted by Crippen LogP contribution is 2.44. The molecule has 0 unspecified atom stereocenters. The molecule has 7 nitrogen and oxygen atoms in total. The van der Waals surface area contributed by atoms with Gasteiger partial charge in [0.15, 0.2) is 0 Å². The van der Waals surface area contributed by atoms with Gasteiger partial charge in [0.05, 0.1) is 16.3 Å². The van der Waals surface area contributed by atoms with E-state index in [1.54, 1.807) is 6.07 Å². The number of hydrogen-bond acceptors (Lipinski definition) is 7. The number of hydrogen-bond donors (Lipinski definition) is 2. The minimum atomic E-state index is -0.974. The van der Waals surface area contributed by atoms with Gasteiger partial charge < -0.3 is 20.1 Å². The lowest BCUT2D eigenvalue weighted by Crippen LogP contribution is -2.64. The standard InChI is InChI=1S/C26H33BrFN5O2/c1-16-12-20(35)23-22(16)24(30-15-29-23)32-8-10-33(11-9-32)26(14-34,21-6-7-25(2,3)31-21)17-4-5-18(27)19(28)13-17/h4-5,13-16,20-21,31,35H,6-12H2,1-3H3/t16-,20-,21+,26+/m1/s1. The Kier molecular flexibility index (Phi) is 6.49. The molecule has 4 atom stereocenters. The van der Waals surface area contributed by atoms with E-state index in [0.29, 0.717) is 42.6 Å². The number of aromatic nitrogens is 2. The average Bonchev–Trinajstić information content (AvgIpc) is 3.35. The molecule has 0 radical (unpaired) electrons. The van der Waals surface area contributed by atoms with Crippen LogP contribution in [0.5, 0.6) is 0 Å². The third-order valence-corrected chi connectivity index (χ3v) is 8.74. The number of carbonyl (C=O) groups excluding carboxylic acids is 1. The summed E-state index contributed by atoms with van der Waals surface area (Å²) in [7, 11) is 0. The van der Waals surface area contributed by atoms with Crippen LogP contribution in [0.25, 0.3) is 0 Å². The number of halogens is 2. The molecule has 1 aromatic carbocycles. The Labute approximate surface area is 214 Å². The lowest BCUT2D eigenvalue weighted by Gasteiger charge is -2.49. The molecule has 0 bridgehead atoms. The Morgan fingerprint density at radius 3 is 2.63 bits per heavy atom. The summed E-state index contributed by atoms with van der Waals surface area (Å²) in [5.41, 5.74) is 1.38. The second-order valence-corrected chi connectivity index (χ2v) is 11.7. The van der Waals surface area contributed by atoms with Crippen molar-refractivity contribution in [2.24, 2.45) is 0 Å². The molecule has 2 N–H and O–H groups in total. The van der Waals surface area contributed by atoms with Crippen molar-refractivity contribution in [3.8, 4) is 0 Å². The topological polar surface area (TPSA) is 81.6 Å². The fourth-order valence-electron chi connectivity index (χ4n) is 6.27. The van der Waals surface area contributed by atoms with Crippen molar-refractivity contribution in [3.05, 3.63) is 51.6 Å². The molecule has 35 heavy (non-hydrogen) atoms. The van der Waals surface area contributed by atoms with Gasteiger partial charge in [0.2, 0.25) is 0 Å². The summed E-state index contributed by atoms with van der Waals surface area (Å²) >= 11 is 3.25. The average molecular weight is 546 g/mol. The molecule has 9 heteroatoms. The van der Waals surface area contributed by atoms with Gasteiger partial charge in [0.25, 0.3) is 0 Å². The van der Waals surface area contributed by atoms with Gasteiger partial charge in [0.1, 0.15) is 29.8 Å². The van der Waals surface area contributed by atoms with Crippen molar-refractivity contribution >= 4 is 28.0 Å². The molecule has 2 saturated heterocycles. The number of benzene rings is 1. The number of anilines is 1. The first-order valence-corrected chi connectivity index (χ1v) is 13.2. The van der Waals surface area contributed by atoms with Gasteiger partial charge in [-0.25, -0.2) is 14.4 Å². The molecule has 0 saturated carbocycles. The van der Waals surface area contributed by atoms with Crippen molar-refractivity contribution in [2.45, 2.75) is 69.2 Å². The SMILES string of the molecule is C[C@@H]1C[C@@H](O)c2ncnc(N3CCN([C@@](C=O)(c4ccc(Br)c(F)c4)[C@@H]4CCC(C)(C)N4)CC3)c21. The fraction of sp³-hybridized carbons (Fsp3) is 0.577. The van der Waals surface area contributed by atoms with Gasteiger partial charge in [-0.1, -0.05) is 13.0 Å². The molecule has 3 aliphatic rings. The van der Waals surface area contributed by atoms with Crippen LogP contribution in [0.15, 0.2) is 29.0 Å². The fourth-order valence-corrected chi connectivity index (χ4v) is 6.51. The number of nitrogens with zero attached hydrogens (tertiary/aromatic N) is 4. The Morgan fingerprint density at radius 1 is 1.26 bits per heavy atom. The lowest BCUT2D eigenvalue weighted by atomic mass is 9.80. The van der Waals surface area contributed by atoms with Crippen LogP contribution in [-0.4, -0.2) is 64.0 Å². The molecule has 0 amide bonds. The van der Waals surface area contributed by atoms with Gasteiger partial charge in [-0.2, -0.15) is 0 Å². The van der Waals surface area contributed by atoms with Crippen LogP contribution in [0.4, 0.5) is 10.2 Å². The number of piperazine rings is 1. The zero-order valence-electron chi connectivity index (χ0n) is 20.5.